The van der Waals surface area contributed by atoms with E-state index in [-0.39, 0.29) is 12.2 Å². The number of fused-ring (bicyclic) bond motifs is 1. The van der Waals surface area contributed by atoms with E-state index in [1.54, 1.807) is 6.08 Å². The van der Waals surface area contributed by atoms with Crippen LogP contribution in [0, 0.1) is 5.92 Å². The molecule has 0 N–H and O–H groups in total. The van der Waals surface area contributed by atoms with Gasteiger partial charge >= 0.3 is 5.97 Å². The Morgan fingerprint density at radius 1 is 1.22 bits per heavy atom. The third-order valence-electron chi connectivity index (χ3n) is 4.08. The molecule has 2 aromatic rings. The molecule has 2 aromatic carbocycles. The van der Waals surface area contributed by atoms with Crippen molar-refractivity contribution in [2.24, 2.45) is 5.92 Å². The zero-order valence-corrected chi connectivity index (χ0v) is 12.9. The van der Waals surface area contributed by atoms with E-state index < -0.39 is 18.0 Å². The molecule has 1 heterocycles. The third-order valence-corrected chi connectivity index (χ3v) is 4.08. The van der Waals surface area contributed by atoms with Crippen molar-refractivity contribution in [3.63, 3.8) is 0 Å². The molecular weight excluding hydrogens is 292 g/mol. The molecule has 4 nitrogen and oxygen atoms in total. The van der Waals surface area contributed by atoms with Gasteiger partial charge in [0.25, 0.3) is 0 Å². The van der Waals surface area contributed by atoms with Gasteiger partial charge in [0.05, 0.1) is 19.8 Å². The first-order chi connectivity index (χ1) is 11.2. The Morgan fingerprint density at radius 3 is 2.83 bits per heavy atom. The molecule has 3 rings (SSSR count). The number of Topliss-reactive ketones (excluding diaryl/α,β-unsaturated/α-hetero) is 1. The van der Waals surface area contributed by atoms with Crippen LogP contribution in [0.25, 0.3) is 16.8 Å². The maximum Gasteiger partial charge on any atom is 0.319 e. The largest absolute Gasteiger partial charge is 0.468 e. The second-order valence-corrected chi connectivity index (χ2v) is 5.48. The maximum absolute atomic E-state index is 12.0. The van der Waals surface area contributed by atoms with Crippen LogP contribution in [0.1, 0.15) is 12.0 Å². The quantitative estimate of drug-likeness (QED) is 0.646. The summed E-state index contributed by atoms with van der Waals surface area (Å²) in [6.45, 7) is 0.330. The second kappa shape index (κ2) is 6.75. The van der Waals surface area contributed by atoms with E-state index in [1.165, 1.54) is 7.11 Å². The van der Waals surface area contributed by atoms with Crippen molar-refractivity contribution in [2.75, 3.05) is 13.7 Å². The summed E-state index contributed by atoms with van der Waals surface area (Å²) < 4.78 is 10.3. The van der Waals surface area contributed by atoms with E-state index in [1.807, 2.05) is 48.5 Å². The number of ether oxygens (including phenoxy) is 2. The lowest BCUT2D eigenvalue weighted by Crippen LogP contribution is -2.41. The average Bonchev–Trinajstić information content (AvgIpc) is 2.59. The maximum atomic E-state index is 12.0. The predicted octanol–water partition coefficient (Wildman–Crippen LogP) is 3.00. The molecule has 0 saturated carbocycles. The summed E-state index contributed by atoms with van der Waals surface area (Å²) >= 11 is 0. The van der Waals surface area contributed by atoms with E-state index in [2.05, 4.69) is 0 Å². The number of hydrogen-bond donors (Lipinski definition) is 0. The molecule has 0 spiro atoms. The molecule has 0 bridgehead atoms. The van der Waals surface area contributed by atoms with Crippen LogP contribution < -0.4 is 0 Å². The lowest BCUT2D eigenvalue weighted by atomic mass is 9.92. The summed E-state index contributed by atoms with van der Waals surface area (Å²) in [7, 11) is 1.29. The van der Waals surface area contributed by atoms with Crippen molar-refractivity contribution in [1.82, 2.24) is 0 Å². The molecular formula is C19H18O4. The SMILES string of the molecule is COC(=O)[C@H]1C(=O)CCO[C@@H]1/C=C/c1cccc2ccccc12. The van der Waals surface area contributed by atoms with Gasteiger partial charge in [0.1, 0.15) is 5.92 Å². The fraction of sp³-hybridized carbons (Fsp3) is 0.263. The number of ketones is 1. The van der Waals surface area contributed by atoms with Crippen LogP contribution in [0.4, 0.5) is 0 Å². The van der Waals surface area contributed by atoms with Crippen LogP contribution >= 0.6 is 0 Å². The minimum atomic E-state index is -0.875. The van der Waals surface area contributed by atoms with Gasteiger partial charge in [-0.3, -0.25) is 9.59 Å². The fourth-order valence-corrected chi connectivity index (χ4v) is 2.88. The Hall–Kier alpha value is -2.46. The molecule has 0 aromatic heterocycles. The molecule has 2 atom stereocenters. The second-order valence-electron chi connectivity index (χ2n) is 5.48. The van der Waals surface area contributed by atoms with Gasteiger partial charge in [-0.2, -0.15) is 0 Å². The highest BCUT2D eigenvalue weighted by atomic mass is 16.5. The molecule has 0 unspecified atom stereocenters. The highest BCUT2D eigenvalue weighted by Crippen LogP contribution is 2.24. The molecule has 1 saturated heterocycles. The van der Waals surface area contributed by atoms with Gasteiger partial charge in [-0.25, -0.2) is 0 Å². The average molecular weight is 310 g/mol. The summed E-state index contributed by atoms with van der Waals surface area (Å²) in [5.41, 5.74) is 1.02. The minimum Gasteiger partial charge on any atom is -0.468 e. The van der Waals surface area contributed by atoms with E-state index >= 15 is 0 Å². The Bertz CT molecular complexity index is 750. The molecule has 1 fully saturated rings. The zero-order chi connectivity index (χ0) is 16.2. The molecule has 4 heteroatoms. The number of carbonyl (C=O) groups is 2. The molecule has 0 aliphatic carbocycles. The van der Waals surface area contributed by atoms with Gasteiger partial charge in [0.2, 0.25) is 0 Å². The van der Waals surface area contributed by atoms with Crippen molar-refractivity contribution >= 4 is 28.6 Å². The number of rotatable bonds is 3. The molecule has 1 aliphatic heterocycles. The van der Waals surface area contributed by atoms with E-state index in [0.717, 1.165) is 16.3 Å². The van der Waals surface area contributed by atoms with Crippen LogP contribution in [-0.4, -0.2) is 31.6 Å². The number of esters is 1. The first-order valence-corrected chi connectivity index (χ1v) is 7.59. The van der Waals surface area contributed by atoms with Crippen molar-refractivity contribution < 1.29 is 19.1 Å². The zero-order valence-electron chi connectivity index (χ0n) is 12.9. The first kappa shape index (κ1) is 15.4. The predicted molar refractivity (Wildman–Crippen MR) is 87.9 cm³/mol. The number of methoxy groups -OCH3 is 1. The number of benzene rings is 2. The van der Waals surface area contributed by atoms with Crippen LogP contribution in [0.15, 0.2) is 48.5 Å². The lowest BCUT2D eigenvalue weighted by Gasteiger charge is -2.26. The van der Waals surface area contributed by atoms with Gasteiger partial charge in [-0.05, 0) is 16.3 Å². The Labute approximate surface area is 134 Å². The molecule has 1 aliphatic rings. The van der Waals surface area contributed by atoms with Crippen molar-refractivity contribution in [3.8, 4) is 0 Å². The third kappa shape index (κ3) is 3.17. The van der Waals surface area contributed by atoms with Gasteiger partial charge in [0, 0.05) is 6.42 Å². The monoisotopic (exact) mass is 310 g/mol. The van der Waals surface area contributed by atoms with E-state index in [9.17, 15) is 9.59 Å². The first-order valence-electron chi connectivity index (χ1n) is 7.59. The van der Waals surface area contributed by atoms with Gasteiger partial charge in [0.15, 0.2) is 5.78 Å². The van der Waals surface area contributed by atoms with Crippen LogP contribution in [0.2, 0.25) is 0 Å². The van der Waals surface area contributed by atoms with Crippen LogP contribution in [0.3, 0.4) is 0 Å². The van der Waals surface area contributed by atoms with Crippen molar-refractivity contribution in [2.45, 2.75) is 12.5 Å². The van der Waals surface area contributed by atoms with Gasteiger partial charge < -0.3 is 9.47 Å². The van der Waals surface area contributed by atoms with E-state index in [4.69, 9.17) is 9.47 Å². The topological polar surface area (TPSA) is 52.6 Å². The summed E-state index contributed by atoms with van der Waals surface area (Å²) in [4.78, 5) is 23.9. The molecule has 0 radical (unpaired) electrons. The Morgan fingerprint density at radius 2 is 2.00 bits per heavy atom. The minimum absolute atomic E-state index is 0.129. The smallest absolute Gasteiger partial charge is 0.319 e. The summed E-state index contributed by atoms with van der Waals surface area (Å²) in [5, 5.41) is 2.25. The summed E-state index contributed by atoms with van der Waals surface area (Å²) in [5.74, 6) is -1.54. The van der Waals surface area contributed by atoms with Gasteiger partial charge in [-0.1, -0.05) is 54.6 Å². The molecule has 0 amide bonds. The summed E-state index contributed by atoms with van der Waals surface area (Å²) in [6, 6.07) is 14.1. The van der Waals surface area contributed by atoms with Crippen molar-refractivity contribution in [1.29, 1.82) is 0 Å². The summed E-state index contributed by atoms with van der Waals surface area (Å²) in [6.07, 6.45) is 3.35. The highest BCUT2D eigenvalue weighted by Gasteiger charge is 2.37. The molecule has 118 valence electrons. The Balaban J connectivity index is 1.90. The van der Waals surface area contributed by atoms with Crippen molar-refractivity contribution in [3.05, 3.63) is 54.1 Å². The lowest BCUT2D eigenvalue weighted by molar-refractivity contribution is -0.158. The number of hydrogen-bond acceptors (Lipinski definition) is 4. The highest BCUT2D eigenvalue weighted by molar-refractivity contribution is 6.00. The van der Waals surface area contributed by atoms with Crippen LogP contribution in [-0.2, 0) is 19.1 Å². The standard InChI is InChI=1S/C19H18O4/c1-22-19(21)18-16(20)11-12-23-17(18)10-9-14-7-4-6-13-5-2-3-8-15(13)14/h2-10,17-18H,11-12H2,1H3/b10-9+/t17-,18+/m1/s1. The fourth-order valence-electron chi connectivity index (χ4n) is 2.88. The molecule has 23 heavy (non-hydrogen) atoms. The van der Waals surface area contributed by atoms with E-state index in [0.29, 0.717) is 6.61 Å². The number of carbonyl (C=O) groups excluding carboxylic acids is 2. The Kier molecular flexibility index (Phi) is 4.53. The normalized spacial score (nSPS) is 21.7. The van der Waals surface area contributed by atoms with Gasteiger partial charge in [-0.15, -0.1) is 0 Å². The van der Waals surface area contributed by atoms with Crippen LogP contribution in [0.5, 0.6) is 0 Å².